The van der Waals surface area contributed by atoms with Gasteiger partial charge in [0.2, 0.25) is 0 Å². The molecule has 1 rings (SSSR count). The van der Waals surface area contributed by atoms with Crippen molar-refractivity contribution in [2.45, 2.75) is 25.8 Å². The molecule has 1 aromatic carbocycles. The molecule has 0 aliphatic carbocycles. The lowest BCUT2D eigenvalue weighted by atomic mass is 10.0. The number of hydrogen-bond donors (Lipinski definition) is 1. The van der Waals surface area contributed by atoms with Gasteiger partial charge in [-0.15, -0.1) is 6.58 Å². The van der Waals surface area contributed by atoms with Crippen LogP contribution in [0.15, 0.2) is 43.0 Å². The SMILES string of the molecule is C=CCSCCNC(CC)Cc1ccccc1. The second-order valence-electron chi connectivity index (χ2n) is 4.11. The summed E-state index contributed by atoms with van der Waals surface area (Å²) in [6.45, 7) is 7.06. The molecule has 1 N–H and O–H groups in total. The quantitative estimate of drug-likeness (QED) is 0.531. The Balaban J connectivity index is 2.22. The summed E-state index contributed by atoms with van der Waals surface area (Å²) in [4.78, 5) is 0. The van der Waals surface area contributed by atoms with E-state index in [1.54, 1.807) is 0 Å². The van der Waals surface area contributed by atoms with Gasteiger partial charge in [0, 0.05) is 24.1 Å². The highest BCUT2D eigenvalue weighted by Crippen LogP contribution is 2.06. The smallest absolute Gasteiger partial charge is 0.0111 e. The van der Waals surface area contributed by atoms with Crippen molar-refractivity contribution in [3.8, 4) is 0 Å². The lowest BCUT2D eigenvalue weighted by Crippen LogP contribution is -2.32. The summed E-state index contributed by atoms with van der Waals surface area (Å²) in [6, 6.07) is 11.3. The fraction of sp³-hybridized carbons (Fsp3) is 0.467. The van der Waals surface area contributed by atoms with Crippen LogP contribution in [-0.4, -0.2) is 24.1 Å². The molecule has 0 fully saturated rings. The maximum absolute atomic E-state index is 3.72. The lowest BCUT2D eigenvalue weighted by molar-refractivity contribution is 0.512. The topological polar surface area (TPSA) is 12.0 Å². The molecular formula is C15H23NS. The van der Waals surface area contributed by atoms with Gasteiger partial charge in [-0.2, -0.15) is 11.8 Å². The lowest BCUT2D eigenvalue weighted by Gasteiger charge is -2.16. The monoisotopic (exact) mass is 249 g/mol. The molecule has 1 nitrogen and oxygen atoms in total. The maximum Gasteiger partial charge on any atom is 0.0111 e. The summed E-state index contributed by atoms with van der Waals surface area (Å²) in [5, 5.41) is 3.62. The molecule has 0 saturated heterocycles. The molecule has 0 heterocycles. The van der Waals surface area contributed by atoms with Crippen molar-refractivity contribution in [3.05, 3.63) is 48.6 Å². The van der Waals surface area contributed by atoms with Crippen LogP contribution in [-0.2, 0) is 6.42 Å². The first-order valence-electron chi connectivity index (χ1n) is 6.32. The van der Waals surface area contributed by atoms with Gasteiger partial charge < -0.3 is 5.32 Å². The Morgan fingerprint density at radius 1 is 1.35 bits per heavy atom. The average molecular weight is 249 g/mol. The normalized spacial score (nSPS) is 12.3. The van der Waals surface area contributed by atoms with Gasteiger partial charge in [-0.25, -0.2) is 0 Å². The Morgan fingerprint density at radius 3 is 2.76 bits per heavy atom. The Hall–Kier alpha value is -0.730. The van der Waals surface area contributed by atoms with E-state index >= 15 is 0 Å². The van der Waals surface area contributed by atoms with Crippen LogP contribution < -0.4 is 5.32 Å². The van der Waals surface area contributed by atoms with Crippen LogP contribution in [0.4, 0.5) is 0 Å². The molecule has 0 aliphatic rings. The van der Waals surface area contributed by atoms with Crippen molar-refractivity contribution in [2.24, 2.45) is 0 Å². The molecule has 1 atom stereocenters. The van der Waals surface area contributed by atoms with Crippen LogP contribution in [0.2, 0.25) is 0 Å². The summed E-state index contributed by atoms with van der Waals surface area (Å²) in [6.07, 6.45) is 4.27. The second kappa shape index (κ2) is 9.32. The van der Waals surface area contributed by atoms with E-state index in [1.807, 2.05) is 17.8 Å². The molecule has 0 aliphatic heterocycles. The van der Waals surface area contributed by atoms with Crippen molar-refractivity contribution in [3.63, 3.8) is 0 Å². The molecule has 17 heavy (non-hydrogen) atoms. The van der Waals surface area contributed by atoms with Crippen LogP contribution in [0.5, 0.6) is 0 Å². The Labute approximate surface area is 110 Å². The zero-order valence-electron chi connectivity index (χ0n) is 10.7. The molecule has 0 spiro atoms. The molecule has 0 amide bonds. The van der Waals surface area contributed by atoms with Crippen LogP contribution >= 0.6 is 11.8 Å². The Bertz CT molecular complexity index is 297. The highest BCUT2D eigenvalue weighted by Gasteiger charge is 2.05. The van der Waals surface area contributed by atoms with Gasteiger partial charge >= 0.3 is 0 Å². The number of rotatable bonds is 9. The summed E-state index contributed by atoms with van der Waals surface area (Å²) < 4.78 is 0. The van der Waals surface area contributed by atoms with E-state index in [0.29, 0.717) is 6.04 Å². The first kappa shape index (κ1) is 14.3. The molecule has 1 unspecified atom stereocenters. The van der Waals surface area contributed by atoms with Crippen LogP contribution in [0.1, 0.15) is 18.9 Å². The van der Waals surface area contributed by atoms with Crippen molar-refractivity contribution in [2.75, 3.05) is 18.1 Å². The van der Waals surface area contributed by atoms with E-state index in [0.717, 1.165) is 24.5 Å². The molecular weight excluding hydrogens is 226 g/mol. The number of benzene rings is 1. The molecule has 0 radical (unpaired) electrons. The van der Waals surface area contributed by atoms with E-state index in [1.165, 1.54) is 12.0 Å². The summed E-state index contributed by atoms with van der Waals surface area (Å²) in [7, 11) is 0. The Morgan fingerprint density at radius 2 is 2.12 bits per heavy atom. The molecule has 0 aromatic heterocycles. The molecule has 0 saturated carbocycles. The van der Waals surface area contributed by atoms with Crippen molar-refractivity contribution >= 4 is 11.8 Å². The summed E-state index contributed by atoms with van der Waals surface area (Å²) in [5.41, 5.74) is 1.42. The predicted octanol–water partition coefficient (Wildman–Crippen LogP) is 3.52. The van der Waals surface area contributed by atoms with Gasteiger partial charge in [-0.1, -0.05) is 43.3 Å². The minimum atomic E-state index is 0.599. The standard InChI is InChI=1S/C15H23NS/c1-3-11-17-12-10-16-15(4-2)13-14-8-6-5-7-9-14/h3,5-9,15-16H,1,4,10-13H2,2H3. The second-order valence-corrected chi connectivity index (χ2v) is 5.26. The van der Waals surface area contributed by atoms with E-state index in [4.69, 9.17) is 0 Å². The fourth-order valence-electron chi connectivity index (χ4n) is 1.76. The third-order valence-electron chi connectivity index (χ3n) is 2.73. The van der Waals surface area contributed by atoms with Crippen molar-refractivity contribution < 1.29 is 0 Å². The molecule has 2 heteroatoms. The molecule has 0 bridgehead atoms. The highest BCUT2D eigenvalue weighted by atomic mass is 32.2. The van der Waals surface area contributed by atoms with E-state index in [-0.39, 0.29) is 0 Å². The third kappa shape index (κ3) is 6.54. The Kier molecular flexibility index (Phi) is 7.85. The van der Waals surface area contributed by atoms with Gasteiger partial charge in [0.1, 0.15) is 0 Å². The first-order valence-corrected chi connectivity index (χ1v) is 7.48. The number of nitrogens with one attached hydrogen (secondary N) is 1. The minimum Gasteiger partial charge on any atom is -0.313 e. The van der Waals surface area contributed by atoms with Crippen LogP contribution in [0.25, 0.3) is 0 Å². The summed E-state index contributed by atoms with van der Waals surface area (Å²) >= 11 is 1.93. The number of thioether (sulfide) groups is 1. The average Bonchev–Trinajstić information content (AvgIpc) is 2.38. The highest BCUT2D eigenvalue weighted by molar-refractivity contribution is 7.99. The van der Waals surface area contributed by atoms with Gasteiger partial charge in [0.05, 0.1) is 0 Å². The van der Waals surface area contributed by atoms with Crippen LogP contribution in [0.3, 0.4) is 0 Å². The zero-order valence-corrected chi connectivity index (χ0v) is 11.5. The third-order valence-corrected chi connectivity index (χ3v) is 3.70. The first-order chi connectivity index (χ1) is 8.36. The van der Waals surface area contributed by atoms with Crippen molar-refractivity contribution in [1.29, 1.82) is 0 Å². The fourth-order valence-corrected chi connectivity index (χ4v) is 2.36. The summed E-state index contributed by atoms with van der Waals surface area (Å²) in [5.74, 6) is 2.22. The van der Waals surface area contributed by atoms with E-state index in [2.05, 4.69) is 49.2 Å². The largest absolute Gasteiger partial charge is 0.313 e. The van der Waals surface area contributed by atoms with E-state index in [9.17, 15) is 0 Å². The van der Waals surface area contributed by atoms with Gasteiger partial charge in [0.25, 0.3) is 0 Å². The van der Waals surface area contributed by atoms with Gasteiger partial charge in [-0.3, -0.25) is 0 Å². The molecule has 94 valence electrons. The predicted molar refractivity (Wildman–Crippen MR) is 79.7 cm³/mol. The number of hydrogen-bond acceptors (Lipinski definition) is 2. The van der Waals surface area contributed by atoms with Gasteiger partial charge in [0.15, 0.2) is 0 Å². The van der Waals surface area contributed by atoms with E-state index < -0.39 is 0 Å². The minimum absolute atomic E-state index is 0.599. The zero-order chi connectivity index (χ0) is 12.3. The maximum atomic E-state index is 3.72. The van der Waals surface area contributed by atoms with Crippen LogP contribution in [0, 0.1) is 0 Å². The van der Waals surface area contributed by atoms with Crippen molar-refractivity contribution in [1.82, 2.24) is 5.32 Å². The van der Waals surface area contributed by atoms with Gasteiger partial charge in [-0.05, 0) is 18.4 Å². The molecule has 1 aromatic rings.